The number of rotatable bonds is 0. The minimum absolute atomic E-state index is 0. The molecule has 0 heterocycles. The fourth-order valence-corrected chi connectivity index (χ4v) is 0. The molecule has 4 heteroatoms. The molecule has 0 saturated heterocycles. The molecule has 0 saturated carbocycles. The molecule has 2 radical (unpaired) electrons. The first-order chi connectivity index (χ1) is 1.00. The Morgan fingerprint density at radius 3 is 1.25 bits per heavy atom. The van der Waals surface area contributed by atoms with Gasteiger partial charge in [0.2, 0.25) is 0 Å². The van der Waals surface area contributed by atoms with Gasteiger partial charge in [0.1, 0.15) is 0 Å². The molecular formula is H5FeMnSi2. The minimum atomic E-state index is 0. The van der Waals surface area contributed by atoms with Crippen LogP contribution in [0.25, 0.3) is 0 Å². The van der Waals surface area contributed by atoms with Crippen molar-refractivity contribution in [3.8, 4) is 0 Å². The zero-order valence-electron chi connectivity index (χ0n) is 2.44. The van der Waals surface area contributed by atoms with Gasteiger partial charge in [-0.15, -0.1) is 0 Å². The Balaban J connectivity index is -0.00000000500. The molecule has 0 aliphatic rings. The van der Waals surface area contributed by atoms with E-state index < -0.39 is 0 Å². The molecule has 0 bridgehead atoms. The molecule has 0 amide bonds. The van der Waals surface area contributed by atoms with E-state index in [1.165, 1.54) is 9.76 Å². The van der Waals surface area contributed by atoms with E-state index in [1.54, 1.807) is 0 Å². The maximum absolute atomic E-state index is 2.00. The van der Waals surface area contributed by atoms with Crippen LogP contribution in [0.4, 0.5) is 0 Å². The van der Waals surface area contributed by atoms with Gasteiger partial charge in [-0.05, 0) is 19.5 Å². The monoisotopic (exact) mass is 172 g/mol. The summed E-state index contributed by atoms with van der Waals surface area (Å²) in [6.45, 7) is 0. The van der Waals surface area contributed by atoms with Gasteiger partial charge in [-0.3, -0.25) is 0 Å². The summed E-state index contributed by atoms with van der Waals surface area (Å²) in [6.07, 6.45) is 0. The molecule has 0 unspecified atom stereocenters. The predicted octanol–water partition coefficient (Wildman–Crippen LogP) is -2.11. The summed E-state index contributed by atoms with van der Waals surface area (Å²) >= 11 is 0. The Morgan fingerprint density at radius 2 is 1.25 bits per heavy atom. The van der Waals surface area contributed by atoms with Crippen molar-refractivity contribution in [3.05, 3.63) is 0 Å². The zero-order valence-corrected chi connectivity index (χ0v) is 8.14. The van der Waals surface area contributed by atoms with Gasteiger partial charge in [0, 0.05) is 34.1 Å². The summed E-state index contributed by atoms with van der Waals surface area (Å²) in [7, 11) is 3.33. The van der Waals surface area contributed by atoms with E-state index in [-0.39, 0.29) is 34.1 Å². The molecular weight excluding hydrogens is 167 g/mol. The van der Waals surface area contributed by atoms with Crippen molar-refractivity contribution < 1.29 is 34.1 Å². The van der Waals surface area contributed by atoms with E-state index in [1.807, 2.05) is 9.76 Å². The van der Waals surface area contributed by atoms with E-state index in [2.05, 4.69) is 0 Å². The normalized spacial score (nSPS) is 2.25. The van der Waals surface area contributed by atoms with Crippen LogP contribution in [0.3, 0.4) is 0 Å². The van der Waals surface area contributed by atoms with E-state index in [9.17, 15) is 0 Å². The fraction of sp³-hybridized carbons (Fsp3) is 0. The van der Waals surface area contributed by atoms with Gasteiger partial charge in [-0.1, -0.05) is 0 Å². The van der Waals surface area contributed by atoms with Crippen LogP contribution in [0.15, 0.2) is 0 Å². The smallest absolute Gasteiger partial charge is 0 e. The van der Waals surface area contributed by atoms with Crippen molar-refractivity contribution in [2.75, 3.05) is 0 Å². The summed E-state index contributed by atoms with van der Waals surface area (Å²) in [4.78, 5) is 0. The Bertz CT molecular complexity index is 6.00. The Hall–Kier alpha value is 1.47. The zero-order chi connectivity index (χ0) is 2.00. The molecule has 0 aromatic heterocycles. The molecule has 0 aliphatic carbocycles. The molecule has 0 aliphatic heterocycles. The molecule has 0 fully saturated rings. The summed E-state index contributed by atoms with van der Waals surface area (Å²) in [5, 5.41) is 0. The molecule has 0 rings (SSSR count). The first-order valence-electron chi connectivity index (χ1n) is 0.707. The molecule has 0 nitrogen and oxygen atoms in total. The standard InChI is InChI=1S/Fe.Mn.H5Si2/c;;1-2/h;;1H2,2H3. The van der Waals surface area contributed by atoms with Crippen LogP contribution in [0.2, 0.25) is 0 Å². The van der Waals surface area contributed by atoms with Gasteiger partial charge in [0.15, 0.2) is 0 Å². The first-order valence-corrected chi connectivity index (χ1v) is 6.36. The van der Waals surface area contributed by atoms with Gasteiger partial charge in [-0.25, -0.2) is 0 Å². The van der Waals surface area contributed by atoms with Crippen molar-refractivity contribution in [2.24, 2.45) is 0 Å². The average Bonchev–Trinajstić information content (AvgIpc) is 1.00. The van der Waals surface area contributed by atoms with E-state index in [4.69, 9.17) is 0 Å². The second kappa shape index (κ2) is 24.9. The first kappa shape index (κ1) is 17.9. The Kier molecular flexibility index (Phi) is 111. The summed E-state index contributed by atoms with van der Waals surface area (Å²) in [5.41, 5.74) is 0. The van der Waals surface area contributed by atoms with Crippen molar-refractivity contribution in [1.29, 1.82) is 0 Å². The average molecular weight is 172 g/mol. The number of hydrogen-bond acceptors (Lipinski definition) is 0. The number of hydrogen-bond donors (Lipinski definition) is 0. The van der Waals surface area contributed by atoms with Crippen LogP contribution >= 0.6 is 0 Å². The van der Waals surface area contributed by atoms with Crippen molar-refractivity contribution in [3.63, 3.8) is 0 Å². The van der Waals surface area contributed by atoms with E-state index in [0.717, 1.165) is 0 Å². The third kappa shape index (κ3) is 9.79. The summed E-state index contributed by atoms with van der Waals surface area (Å²) < 4.78 is 0. The summed E-state index contributed by atoms with van der Waals surface area (Å²) in [5.74, 6) is 0. The largest absolute Gasteiger partial charge is 0.0120 e. The van der Waals surface area contributed by atoms with Crippen LogP contribution in [0, 0.1) is 0 Å². The maximum Gasteiger partial charge on any atom is 0 e. The second-order valence-corrected chi connectivity index (χ2v) is 0. The molecule has 0 aromatic rings. The fourth-order valence-electron chi connectivity index (χ4n) is 0. The van der Waals surface area contributed by atoms with Crippen molar-refractivity contribution in [1.82, 2.24) is 0 Å². The third-order valence-corrected chi connectivity index (χ3v) is 0. The summed E-state index contributed by atoms with van der Waals surface area (Å²) in [6, 6.07) is 0. The van der Waals surface area contributed by atoms with Crippen LogP contribution in [-0.2, 0) is 34.1 Å². The topological polar surface area (TPSA) is 0 Å². The van der Waals surface area contributed by atoms with Gasteiger partial charge in [0.25, 0.3) is 0 Å². The molecule has 4 heavy (non-hydrogen) atoms. The van der Waals surface area contributed by atoms with Crippen LogP contribution in [-0.4, -0.2) is 19.5 Å². The van der Waals surface area contributed by atoms with E-state index >= 15 is 0 Å². The van der Waals surface area contributed by atoms with Crippen LogP contribution in [0.5, 0.6) is 0 Å². The third-order valence-electron chi connectivity index (χ3n) is 0. The van der Waals surface area contributed by atoms with Crippen molar-refractivity contribution >= 4 is 19.5 Å². The SMILES string of the molecule is [Fe].[Mn].[SiH2][SiH3]. The molecule has 28 valence electrons. The van der Waals surface area contributed by atoms with Crippen LogP contribution < -0.4 is 0 Å². The predicted molar refractivity (Wildman–Crippen MR) is 18.5 cm³/mol. The molecule has 0 N–H and O–H groups in total. The van der Waals surface area contributed by atoms with Gasteiger partial charge in [0.05, 0.1) is 0 Å². The minimum Gasteiger partial charge on any atom is -0.0120 e. The quantitative estimate of drug-likeness (QED) is 0.367. The van der Waals surface area contributed by atoms with Gasteiger partial charge >= 0.3 is 0 Å². The Labute approximate surface area is 53.7 Å². The molecule has 0 aromatic carbocycles. The van der Waals surface area contributed by atoms with E-state index in [0.29, 0.717) is 0 Å². The maximum atomic E-state index is 2.00. The van der Waals surface area contributed by atoms with Crippen molar-refractivity contribution in [2.45, 2.75) is 0 Å². The van der Waals surface area contributed by atoms with Gasteiger partial charge < -0.3 is 0 Å². The van der Waals surface area contributed by atoms with Gasteiger partial charge in [-0.2, -0.15) is 0 Å². The molecule has 0 spiro atoms. The molecule has 0 atom stereocenters. The second-order valence-electron chi connectivity index (χ2n) is 0. The Morgan fingerprint density at radius 1 is 1.25 bits per heavy atom. The van der Waals surface area contributed by atoms with Crippen LogP contribution in [0.1, 0.15) is 0 Å².